The molecule has 7 saturated heterocycles. The minimum absolute atomic E-state index is 0. The van der Waals surface area contributed by atoms with Gasteiger partial charge in [-0.3, -0.25) is 34.2 Å². The second kappa shape index (κ2) is 41.8. The first-order valence-corrected chi connectivity index (χ1v) is 41.8. The van der Waals surface area contributed by atoms with Crippen LogP contribution in [0.15, 0.2) is 239 Å². The van der Waals surface area contributed by atoms with E-state index >= 15 is 0 Å². The SMILES string of the molecule is C.C=C1SN(c2ccc(Cl)cc2C)C(=O)N1C(C)C.C=C1SN(c2ccc(OC)cc2C)C(=O)N1C.C=C1SN(c2cccc(C)c2)C(=O)N1C(C)C.C=C1SN(c2cccc(OC)c2)C(=O)N1C.C=C1SN(c2ccccc2C)C(=O)N1C.C=C1SN(c2ccccc2C)C(=O)N1C(C)C.C=C1SN(c2ccccc2C)C(=O)N1OC. The van der Waals surface area contributed by atoms with Crippen LogP contribution in [0.4, 0.5) is 73.4 Å². The molecule has 0 N–H and O–H groups in total. The Labute approximate surface area is 724 Å². The van der Waals surface area contributed by atoms with Gasteiger partial charge in [-0.25, -0.2) is 63.7 Å². The van der Waals surface area contributed by atoms with Gasteiger partial charge >= 0.3 is 42.2 Å². The van der Waals surface area contributed by atoms with Gasteiger partial charge in [-0.1, -0.05) is 138 Å². The van der Waals surface area contributed by atoms with E-state index in [0.29, 0.717) is 15.1 Å². The zero-order valence-corrected chi connectivity index (χ0v) is 74.7. The number of amides is 14. The van der Waals surface area contributed by atoms with E-state index in [1.165, 1.54) is 106 Å². The van der Waals surface area contributed by atoms with Gasteiger partial charge in [0.15, 0.2) is 0 Å². The van der Waals surface area contributed by atoms with Crippen molar-refractivity contribution in [2.24, 2.45) is 0 Å². The van der Waals surface area contributed by atoms with Crippen molar-refractivity contribution in [3.05, 3.63) is 277 Å². The number of para-hydroxylation sites is 3. The maximum atomic E-state index is 12.3. The molecular formula is C85H101ClN14O10S7. The van der Waals surface area contributed by atoms with Gasteiger partial charge < -0.3 is 9.47 Å². The number of aryl methyl sites for hydroxylation is 6. The summed E-state index contributed by atoms with van der Waals surface area (Å²) >= 11 is 15.3. The number of carbonyl (C=O) groups excluding carboxylic acids is 7. The highest BCUT2D eigenvalue weighted by atomic mass is 35.5. The van der Waals surface area contributed by atoms with Gasteiger partial charge in [0, 0.05) is 134 Å². The average Bonchev–Trinajstić information content (AvgIpc) is 1.63. The summed E-state index contributed by atoms with van der Waals surface area (Å²) in [5.41, 5.74) is 12.5. The van der Waals surface area contributed by atoms with Crippen LogP contribution in [0.2, 0.25) is 5.02 Å². The van der Waals surface area contributed by atoms with Crippen LogP contribution >= 0.6 is 95.2 Å². The predicted molar refractivity (Wildman–Crippen MR) is 494 cm³/mol. The highest BCUT2D eigenvalue weighted by Gasteiger charge is 2.41. The average molecular weight is 1740 g/mol. The van der Waals surface area contributed by atoms with Crippen molar-refractivity contribution >= 4 is 177 Å². The lowest BCUT2D eigenvalue weighted by molar-refractivity contribution is -0.0420. The fourth-order valence-electron chi connectivity index (χ4n) is 11.4. The molecule has 14 amide bonds. The maximum Gasteiger partial charge on any atom is 0.364 e. The molecule has 0 saturated carbocycles. The van der Waals surface area contributed by atoms with Crippen LogP contribution in [0.1, 0.15) is 82.3 Å². The number of anilines is 7. The van der Waals surface area contributed by atoms with Crippen LogP contribution in [-0.4, -0.2) is 137 Å². The number of nitrogens with zero attached hydrogens (tertiary/aromatic N) is 14. The Hall–Kier alpha value is -10.1. The molecule has 0 unspecified atom stereocenters. The second-order valence-corrected chi connectivity index (χ2v) is 34.5. The summed E-state index contributed by atoms with van der Waals surface area (Å²) in [6.45, 7) is 50.8. The van der Waals surface area contributed by atoms with E-state index in [1.54, 1.807) is 91.2 Å². The zero-order chi connectivity index (χ0) is 85.6. The summed E-state index contributed by atoms with van der Waals surface area (Å²) in [4.78, 5) is 99.1. The first-order valence-electron chi connectivity index (χ1n) is 36.1. The number of benzene rings is 7. The third kappa shape index (κ3) is 22.2. The molecule has 0 bridgehead atoms. The monoisotopic (exact) mass is 1740 g/mol. The summed E-state index contributed by atoms with van der Waals surface area (Å²) < 4.78 is 21.8. The molecule has 0 atom stereocenters. The molecule has 620 valence electrons. The molecule has 7 heterocycles. The molecule has 24 nitrogen and oxygen atoms in total. The third-order valence-corrected chi connectivity index (χ3v) is 24.7. The third-order valence-electron chi connectivity index (χ3n) is 17.7. The van der Waals surface area contributed by atoms with E-state index in [1.807, 2.05) is 235 Å². The van der Waals surface area contributed by atoms with Crippen molar-refractivity contribution in [1.29, 1.82) is 0 Å². The molecule has 32 heteroatoms. The van der Waals surface area contributed by atoms with E-state index in [4.69, 9.17) is 25.9 Å². The number of carbonyl (C=O) groups is 7. The lowest BCUT2D eigenvalue weighted by Gasteiger charge is -2.21. The molecule has 7 aromatic carbocycles. The van der Waals surface area contributed by atoms with Gasteiger partial charge in [0.2, 0.25) is 0 Å². The van der Waals surface area contributed by atoms with E-state index in [-0.39, 0.29) is 67.8 Å². The van der Waals surface area contributed by atoms with Crippen molar-refractivity contribution in [3.63, 3.8) is 0 Å². The molecular weight excluding hydrogens is 1640 g/mol. The van der Waals surface area contributed by atoms with Crippen molar-refractivity contribution in [1.82, 2.24) is 34.5 Å². The largest absolute Gasteiger partial charge is 0.497 e. The normalized spacial score (nSPS) is 15.9. The Morgan fingerprint density at radius 2 is 0.624 bits per heavy atom. The van der Waals surface area contributed by atoms with Gasteiger partial charge in [0.1, 0.15) is 16.5 Å². The number of urea groups is 7. The van der Waals surface area contributed by atoms with Crippen molar-refractivity contribution in [2.75, 3.05) is 72.6 Å². The van der Waals surface area contributed by atoms with E-state index in [9.17, 15) is 33.6 Å². The number of halogens is 1. The molecule has 0 spiro atoms. The number of ether oxygens (including phenoxy) is 2. The number of rotatable bonds is 13. The number of hydrogen-bond acceptors (Lipinski definition) is 17. The Kier molecular flexibility index (Phi) is 33.6. The lowest BCUT2D eigenvalue weighted by atomic mass is 10.2. The van der Waals surface area contributed by atoms with Crippen LogP contribution in [0, 0.1) is 41.5 Å². The second-order valence-electron chi connectivity index (χ2n) is 27.0. The summed E-state index contributed by atoms with van der Waals surface area (Å²) in [5, 5.41) is 6.94. The van der Waals surface area contributed by atoms with Gasteiger partial charge in [-0.15, -0.1) is 0 Å². The molecule has 117 heavy (non-hydrogen) atoms. The molecule has 14 rings (SSSR count). The summed E-state index contributed by atoms with van der Waals surface area (Å²) in [6, 6.07) is 49.7. The quantitative estimate of drug-likeness (QED) is 0.0989. The molecule has 7 aliphatic rings. The fourth-order valence-corrected chi connectivity index (χ4v) is 18.3. The highest BCUT2D eigenvalue weighted by molar-refractivity contribution is 8.07. The number of hydrogen-bond donors (Lipinski definition) is 0. The van der Waals surface area contributed by atoms with E-state index < -0.39 is 0 Å². The molecule has 0 radical (unpaired) electrons. The van der Waals surface area contributed by atoms with Crippen molar-refractivity contribution in [2.45, 2.75) is 109 Å². The Morgan fingerprint density at radius 1 is 0.316 bits per heavy atom. The van der Waals surface area contributed by atoms with Crippen LogP contribution in [0.25, 0.3) is 0 Å². The summed E-state index contributed by atoms with van der Waals surface area (Å²) in [5.74, 6) is 1.51. The van der Waals surface area contributed by atoms with E-state index in [0.717, 1.165) is 110 Å². The molecule has 7 fully saturated rings. The van der Waals surface area contributed by atoms with Crippen LogP contribution in [0.3, 0.4) is 0 Å². The smallest absolute Gasteiger partial charge is 0.364 e. The molecule has 0 aliphatic carbocycles. The fraction of sp³-hybridized carbons (Fsp3) is 0.259. The van der Waals surface area contributed by atoms with Gasteiger partial charge in [-0.05, 0) is 195 Å². The predicted octanol–water partition coefficient (Wildman–Crippen LogP) is 24.2. The first kappa shape index (κ1) is 94.1. The topological polar surface area (TPSA) is 193 Å². The van der Waals surface area contributed by atoms with Gasteiger partial charge in [0.25, 0.3) is 0 Å². The van der Waals surface area contributed by atoms with Crippen molar-refractivity contribution in [3.8, 4) is 11.5 Å². The Morgan fingerprint density at radius 3 is 0.966 bits per heavy atom. The summed E-state index contributed by atoms with van der Waals surface area (Å²) in [6.07, 6.45) is 0. The highest BCUT2D eigenvalue weighted by Crippen LogP contribution is 2.46. The maximum absolute atomic E-state index is 12.3. The molecule has 7 aliphatic heterocycles. The van der Waals surface area contributed by atoms with Crippen molar-refractivity contribution < 1.29 is 47.9 Å². The summed E-state index contributed by atoms with van der Waals surface area (Å²) in [7, 11) is 9.83. The van der Waals surface area contributed by atoms with Gasteiger partial charge in [0.05, 0.1) is 91.3 Å². The van der Waals surface area contributed by atoms with Crippen LogP contribution in [0.5, 0.6) is 11.5 Å². The zero-order valence-electron chi connectivity index (χ0n) is 68.3. The van der Waals surface area contributed by atoms with E-state index in [2.05, 4.69) is 46.1 Å². The number of hydroxylamine groups is 2. The lowest BCUT2D eigenvalue weighted by Crippen LogP contribution is -2.35. The van der Waals surface area contributed by atoms with Crippen LogP contribution < -0.4 is 39.6 Å². The number of methoxy groups -OCH3 is 2. The molecule has 0 aromatic heterocycles. The van der Waals surface area contributed by atoms with Crippen LogP contribution in [-0.2, 0) is 4.84 Å². The van der Waals surface area contributed by atoms with Gasteiger partial charge in [-0.2, -0.15) is 5.06 Å². The Balaban J connectivity index is 0.000000188. The Bertz CT molecular complexity index is 4970. The molecule has 7 aromatic rings. The first-order chi connectivity index (χ1) is 54.9. The minimum Gasteiger partial charge on any atom is -0.497 e. The minimum atomic E-state index is -0.230. The standard InChI is InChI=1S/C13H15ClN2OS.2C13H16N2OS.C12H14N2O2S.2C11H12N2O2S.C11H12N2OS.CH4/c1-8(2)15-10(4)18-16(13(15)17)12-6-5-11(14)7-9(12)3;1-9(2)14-11(4)17-15(13(14)16)12-7-5-6-10(3)8-12;1-9(2)14-11(4)17-15(13(14)16)12-8-6-5-7-10(12)3;1-8-7-10(16-4)5-6-11(8)14-12(15)13(3)9(2)17-14;1-8-12(2)11(14)13(16-8)9-5-4-6-10(7-9)15-3;1-8-6-4-5-7-10(8)13-11(14)12(15-3)9(2)16-13;1-8-6-4-5-7-10(8)13-11(14)12(3)9(2)15-13;/h5-8H,4H2,1-3H3;2*5-9H,4H2,1-3H3;5-7H,2H2,1,3-4H3;4-7H,1H2,2-3H3;4-7H,2H2,1,3H3;4-7H,2H2,1,3H3;1H4.